The first kappa shape index (κ1) is 14.6. The van der Waals surface area contributed by atoms with Crippen molar-refractivity contribution >= 4 is 11.6 Å². The normalized spacial score (nSPS) is 12.5. The second-order valence-corrected chi connectivity index (χ2v) is 5.37. The molecule has 1 rings (SSSR count). The van der Waals surface area contributed by atoms with E-state index in [2.05, 4.69) is 38.0 Å². The highest BCUT2D eigenvalue weighted by molar-refractivity contribution is 5.92. The van der Waals surface area contributed by atoms with Gasteiger partial charge in [-0.2, -0.15) is 0 Å². The molecule has 0 spiro atoms. The largest absolute Gasteiger partial charge is 0.370 e. The molecular weight excluding hydrogens is 222 g/mol. The van der Waals surface area contributed by atoms with Crippen LogP contribution in [0.4, 0.5) is 5.69 Å². The molecule has 0 amide bonds. The van der Waals surface area contributed by atoms with E-state index in [1.165, 1.54) is 0 Å². The molecule has 0 aliphatic heterocycles. The molecule has 0 atom stereocenters. The Hall–Kier alpha value is -1.51. The van der Waals surface area contributed by atoms with Gasteiger partial charge in [0.25, 0.3) is 0 Å². The zero-order valence-electron chi connectivity index (χ0n) is 11.9. The van der Waals surface area contributed by atoms with E-state index in [1.54, 1.807) is 0 Å². The maximum Gasteiger partial charge on any atom is 0.193 e. The second-order valence-electron chi connectivity index (χ2n) is 5.37. The number of hydrogen-bond acceptors (Lipinski definition) is 1. The fourth-order valence-electron chi connectivity index (χ4n) is 2.10. The Morgan fingerprint density at radius 1 is 1.11 bits per heavy atom. The van der Waals surface area contributed by atoms with Crippen molar-refractivity contribution in [2.24, 2.45) is 28.5 Å². The summed E-state index contributed by atoms with van der Waals surface area (Å²) in [6.07, 6.45) is 0. The minimum atomic E-state index is 0.493. The van der Waals surface area contributed by atoms with E-state index in [4.69, 9.17) is 5.73 Å². The molecule has 0 heterocycles. The molecule has 100 valence electrons. The summed E-state index contributed by atoms with van der Waals surface area (Å²) in [6.45, 7) is 9.73. The minimum absolute atomic E-state index is 0.493. The summed E-state index contributed by atoms with van der Waals surface area (Å²) in [5, 5.41) is 3.10. The Kier molecular flexibility index (Phi) is 5.69. The van der Waals surface area contributed by atoms with Crippen molar-refractivity contribution in [1.82, 2.24) is 0 Å². The lowest BCUT2D eigenvalue weighted by atomic mass is 9.86. The number of aliphatic imine (C=N–C) groups is 1. The van der Waals surface area contributed by atoms with Crippen molar-refractivity contribution in [3.05, 3.63) is 30.3 Å². The van der Waals surface area contributed by atoms with Gasteiger partial charge >= 0.3 is 0 Å². The summed E-state index contributed by atoms with van der Waals surface area (Å²) in [5.41, 5.74) is 6.87. The first-order valence-electron chi connectivity index (χ1n) is 6.62. The predicted octanol–water partition coefficient (Wildman–Crippen LogP) is 3.34. The molecule has 0 unspecified atom stereocenters. The number of anilines is 1. The Morgan fingerprint density at radius 2 is 1.67 bits per heavy atom. The molecule has 3 nitrogen and oxygen atoms in total. The van der Waals surface area contributed by atoms with E-state index in [0.29, 0.717) is 23.7 Å². The molecule has 3 N–H and O–H groups in total. The van der Waals surface area contributed by atoms with Crippen LogP contribution in [0.2, 0.25) is 0 Å². The van der Waals surface area contributed by atoms with Gasteiger partial charge in [0.2, 0.25) is 0 Å². The lowest BCUT2D eigenvalue weighted by molar-refractivity contribution is 0.298. The fourth-order valence-corrected chi connectivity index (χ4v) is 2.10. The van der Waals surface area contributed by atoms with Crippen LogP contribution in [-0.4, -0.2) is 12.5 Å². The lowest BCUT2D eigenvalue weighted by Gasteiger charge is -2.22. The van der Waals surface area contributed by atoms with Gasteiger partial charge in [-0.25, -0.2) is 0 Å². The molecule has 18 heavy (non-hydrogen) atoms. The van der Waals surface area contributed by atoms with Gasteiger partial charge in [-0.15, -0.1) is 0 Å². The van der Waals surface area contributed by atoms with Crippen LogP contribution in [0.25, 0.3) is 0 Å². The van der Waals surface area contributed by atoms with Crippen molar-refractivity contribution in [3.63, 3.8) is 0 Å². The average molecular weight is 247 g/mol. The Balaban J connectivity index is 2.56. The van der Waals surface area contributed by atoms with Crippen LogP contribution in [0.1, 0.15) is 27.7 Å². The first-order chi connectivity index (χ1) is 8.50. The molecule has 0 radical (unpaired) electrons. The van der Waals surface area contributed by atoms with E-state index < -0.39 is 0 Å². The highest BCUT2D eigenvalue weighted by atomic mass is 15.1. The standard InChI is InChI=1S/C15H25N3/c1-11(2)14(12(3)4)10-17-15(16)18-13-8-6-5-7-9-13/h5-9,11-12,14H,10H2,1-4H3,(H3,16,17,18). The number of nitrogens with one attached hydrogen (secondary N) is 1. The zero-order chi connectivity index (χ0) is 13.5. The van der Waals surface area contributed by atoms with Gasteiger partial charge < -0.3 is 11.1 Å². The predicted molar refractivity (Wildman–Crippen MR) is 79.7 cm³/mol. The smallest absolute Gasteiger partial charge is 0.193 e. The molecule has 0 saturated carbocycles. The summed E-state index contributed by atoms with van der Waals surface area (Å²) < 4.78 is 0. The van der Waals surface area contributed by atoms with Crippen LogP contribution in [0.3, 0.4) is 0 Å². The Morgan fingerprint density at radius 3 is 2.17 bits per heavy atom. The maximum absolute atomic E-state index is 5.89. The highest BCUT2D eigenvalue weighted by Gasteiger charge is 2.16. The van der Waals surface area contributed by atoms with Gasteiger partial charge in [0.15, 0.2) is 5.96 Å². The number of hydrogen-bond donors (Lipinski definition) is 2. The van der Waals surface area contributed by atoms with Crippen LogP contribution in [-0.2, 0) is 0 Å². The minimum Gasteiger partial charge on any atom is -0.370 e. The highest BCUT2D eigenvalue weighted by Crippen LogP contribution is 2.20. The SMILES string of the molecule is CC(C)C(CN=C(N)Nc1ccccc1)C(C)C. The van der Waals surface area contributed by atoms with Crippen molar-refractivity contribution in [2.75, 3.05) is 11.9 Å². The summed E-state index contributed by atoms with van der Waals surface area (Å²) in [5.74, 6) is 2.31. The molecule has 0 saturated heterocycles. The second kappa shape index (κ2) is 7.04. The molecule has 3 heteroatoms. The number of benzene rings is 1. The monoisotopic (exact) mass is 247 g/mol. The molecule has 0 fully saturated rings. The van der Waals surface area contributed by atoms with Crippen molar-refractivity contribution < 1.29 is 0 Å². The number of nitrogens with two attached hydrogens (primary N) is 1. The maximum atomic E-state index is 5.89. The fraction of sp³-hybridized carbons (Fsp3) is 0.533. The van der Waals surface area contributed by atoms with E-state index in [-0.39, 0.29) is 0 Å². The molecule has 0 aromatic heterocycles. The van der Waals surface area contributed by atoms with E-state index in [1.807, 2.05) is 30.3 Å². The third-order valence-corrected chi connectivity index (χ3v) is 3.23. The third-order valence-electron chi connectivity index (χ3n) is 3.23. The van der Waals surface area contributed by atoms with Gasteiger partial charge in [-0.05, 0) is 29.9 Å². The van der Waals surface area contributed by atoms with Crippen LogP contribution < -0.4 is 11.1 Å². The summed E-state index contributed by atoms with van der Waals surface area (Å²) in [7, 11) is 0. The third kappa shape index (κ3) is 4.78. The van der Waals surface area contributed by atoms with Gasteiger partial charge in [0.1, 0.15) is 0 Å². The Labute approximate surface area is 111 Å². The van der Waals surface area contributed by atoms with E-state index in [0.717, 1.165) is 12.2 Å². The summed E-state index contributed by atoms with van der Waals surface area (Å²) in [6, 6.07) is 9.88. The zero-order valence-corrected chi connectivity index (χ0v) is 11.9. The summed E-state index contributed by atoms with van der Waals surface area (Å²) in [4.78, 5) is 4.45. The van der Waals surface area contributed by atoms with Gasteiger partial charge in [-0.3, -0.25) is 4.99 Å². The van der Waals surface area contributed by atoms with Crippen LogP contribution in [0.15, 0.2) is 35.3 Å². The van der Waals surface area contributed by atoms with E-state index in [9.17, 15) is 0 Å². The molecular formula is C15H25N3. The molecule has 0 bridgehead atoms. The van der Waals surface area contributed by atoms with Gasteiger partial charge in [0, 0.05) is 12.2 Å². The number of guanidine groups is 1. The number of rotatable bonds is 5. The number of para-hydroxylation sites is 1. The van der Waals surface area contributed by atoms with Crippen LogP contribution >= 0.6 is 0 Å². The Bertz CT molecular complexity index is 361. The quantitative estimate of drug-likeness (QED) is 0.619. The number of nitrogens with zero attached hydrogens (tertiary/aromatic N) is 1. The molecule has 1 aromatic rings. The molecule has 1 aromatic carbocycles. The van der Waals surface area contributed by atoms with Crippen LogP contribution in [0, 0.1) is 17.8 Å². The van der Waals surface area contributed by atoms with Gasteiger partial charge in [0.05, 0.1) is 0 Å². The lowest BCUT2D eigenvalue weighted by Crippen LogP contribution is -2.26. The summed E-state index contributed by atoms with van der Waals surface area (Å²) >= 11 is 0. The first-order valence-corrected chi connectivity index (χ1v) is 6.62. The average Bonchev–Trinajstić information content (AvgIpc) is 2.29. The van der Waals surface area contributed by atoms with E-state index >= 15 is 0 Å². The van der Waals surface area contributed by atoms with Gasteiger partial charge in [-0.1, -0.05) is 45.9 Å². The van der Waals surface area contributed by atoms with Crippen molar-refractivity contribution in [3.8, 4) is 0 Å². The van der Waals surface area contributed by atoms with Crippen molar-refractivity contribution in [1.29, 1.82) is 0 Å². The molecule has 0 aliphatic rings. The topological polar surface area (TPSA) is 50.4 Å². The van der Waals surface area contributed by atoms with Crippen molar-refractivity contribution in [2.45, 2.75) is 27.7 Å². The van der Waals surface area contributed by atoms with Crippen LogP contribution in [0.5, 0.6) is 0 Å². The molecule has 0 aliphatic carbocycles.